The van der Waals surface area contributed by atoms with Crippen molar-refractivity contribution in [2.75, 3.05) is 13.2 Å². The molecule has 2 aromatic rings. The van der Waals surface area contributed by atoms with Crippen molar-refractivity contribution in [1.29, 1.82) is 0 Å². The molecule has 0 bridgehead atoms. The van der Waals surface area contributed by atoms with E-state index in [1.807, 2.05) is 24.3 Å². The second-order valence-electron chi connectivity index (χ2n) is 3.24. The van der Waals surface area contributed by atoms with Crippen LogP contribution in [0.4, 0.5) is 0 Å². The number of fused-ring (bicyclic) bond motifs is 1. The molecule has 0 spiro atoms. The predicted octanol–water partition coefficient (Wildman–Crippen LogP) is 2.94. The van der Waals surface area contributed by atoms with Gasteiger partial charge in [-0.15, -0.1) is 0 Å². The molecule has 15 heavy (non-hydrogen) atoms. The summed E-state index contributed by atoms with van der Waals surface area (Å²) in [6.07, 6.45) is 0. The molecule has 2 nitrogen and oxygen atoms in total. The van der Waals surface area contributed by atoms with E-state index in [9.17, 15) is 0 Å². The van der Waals surface area contributed by atoms with Crippen LogP contribution in [0.5, 0.6) is 5.75 Å². The fraction of sp³-hybridized carbons (Fsp3) is 0.167. The SMILES string of the molecule is NCCOc1ccc2ccccc2c1Br. The van der Waals surface area contributed by atoms with Crippen LogP contribution in [0.25, 0.3) is 10.8 Å². The molecule has 2 N–H and O–H groups in total. The van der Waals surface area contributed by atoms with Crippen molar-refractivity contribution in [2.24, 2.45) is 5.73 Å². The molecule has 0 fully saturated rings. The molecule has 0 atom stereocenters. The number of hydrogen-bond acceptors (Lipinski definition) is 2. The standard InChI is InChI=1S/C12H12BrNO/c13-12-10-4-2-1-3-9(10)5-6-11(12)15-8-7-14/h1-6H,7-8,14H2. The highest BCUT2D eigenvalue weighted by Crippen LogP contribution is 2.32. The molecule has 78 valence electrons. The lowest BCUT2D eigenvalue weighted by Gasteiger charge is -2.09. The summed E-state index contributed by atoms with van der Waals surface area (Å²) in [5.74, 6) is 0.846. The summed E-state index contributed by atoms with van der Waals surface area (Å²) >= 11 is 3.55. The molecule has 0 unspecified atom stereocenters. The van der Waals surface area contributed by atoms with Crippen molar-refractivity contribution < 1.29 is 4.74 Å². The van der Waals surface area contributed by atoms with Gasteiger partial charge < -0.3 is 10.5 Å². The van der Waals surface area contributed by atoms with Gasteiger partial charge in [-0.1, -0.05) is 30.3 Å². The Kier molecular flexibility index (Phi) is 3.23. The minimum atomic E-state index is 0.527. The molecule has 0 amide bonds. The van der Waals surface area contributed by atoms with Crippen molar-refractivity contribution in [3.8, 4) is 5.75 Å². The van der Waals surface area contributed by atoms with Gasteiger partial charge in [0, 0.05) is 6.54 Å². The lowest BCUT2D eigenvalue weighted by molar-refractivity contribution is 0.327. The number of nitrogens with two attached hydrogens (primary N) is 1. The summed E-state index contributed by atoms with van der Waals surface area (Å²) in [5, 5.41) is 2.36. The predicted molar refractivity (Wildman–Crippen MR) is 66.2 cm³/mol. The van der Waals surface area contributed by atoms with Crippen LogP contribution in [0.15, 0.2) is 40.9 Å². The molecule has 0 aliphatic rings. The summed E-state index contributed by atoms with van der Waals surface area (Å²) in [6, 6.07) is 12.2. The van der Waals surface area contributed by atoms with Crippen LogP contribution in [-0.4, -0.2) is 13.2 Å². The first kappa shape index (κ1) is 10.5. The highest BCUT2D eigenvalue weighted by molar-refractivity contribution is 9.10. The van der Waals surface area contributed by atoms with E-state index in [-0.39, 0.29) is 0 Å². The Morgan fingerprint density at radius 2 is 1.93 bits per heavy atom. The Morgan fingerprint density at radius 3 is 2.73 bits per heavy atom. The zero-order valence-corrected chi connectivity index (χ0v) is 9.83. The number of ether oxygens (including phenoxy) is 1. The van der Waals surface area contributed by atoms with Crippen LogP contribution in [0.1, 0.15) is 0 Å². The maximum Gasteiger partial charge on any atom is 0.134 e. The van der Waals surface area contributed by atoms with E-state index in [2.05, 4.69) is 28.1 Å². The first-order valence-corrected chi connectivity index (χ1v) is 5.62. The number of hydrogen-bond donors (Lipinski definition) is 1. The summed E-state index contributed by atoms with van der Waals surface area (Å²) in [6.45, 7) is 1.07. The van der Waals surface area contributed by atoms with E-state index >= 15 is 0 Å². The average Bonchev–Trinajstić information content (AvgIpc) is 2.29. The van der Waals surface area contributed by atoms with Crippen molar-refractivity contribution in [3.05, 3.63) is 40.9 Å². The maximum absolute atomic E-state index is 5.52. The van der Waals surface area contributed by atoms with Gasteiger partial charge in [0.25, 0.3) is 0 Å². The van der Waals surface area contributed by atoms with Crippen LogP contribution >= 0.6 is 15.9 Å². The van der Waals surface area contributed by atoms with Gasteiger partial charge in [-0.3, -0.25) is 0 Å². The lowest BCUT2D eigenvalue weighted by atomic mass is 10.1. The van der Waals surface area contributed by atoms with Gasteiger partial charge in [-0.2, -0.15) is 0 Å². The highest BCUT2D eigenvalue weighted by Gasteiger charge is 2.04. The third kappa shape index (κ3) is 2.13. The van der Waals surface area contributed by atoms with Gasteiger partial charge in [0.2, 0.25) is 0 Å². The van der Waals surface area contributed by atoms with Crippen molar-refractivity contribution in [1.82, 2.24) is 0 Å². The Bertz CT molecular complexity index is 470. The molecule has 0 heterocycles. The first-order chi connectivity index (χ1) is 7.33. The zero-order chi connectivity index (χ0) is 10.7. The van der Waals surface area contributed by atoms with Crippen molar-refractivity contribution >= 4 is 26.7 Å². The normalized spacial score (nSPS) is 10.5. The smallest absolute Gasteiger partial charge is 0.134 e. The molecule has 0 aliphatic carbocycles. The van der Waals surface area contributed by atoms with Gasteiger partial charge in [0.05, 0.1) is 4.47 Å². The molecule has 0 aliphatic heterocycles. The van der Waals surface area contributed by atoms with Gasteiger partial charge in [0.1, 0.15) is 12.4 Å². The van der Waals surface area contributed by atoms with Crippen LogP contribution in [0, 0.1) is 0 Å². The Morgan fingerprint density at radius 1 is 1.13 bits per heavy atom. The summed E-state index contributed by atoms with van der Waals surface area (Å²) < 4.78 is 6.52. The topological polar surface area (TPSA) is 35.2 Å². The van der Waals surface area contributed by atoms with E-state index < -0.39 is 0 Å². The van der Waals surface area contributed by atoms with Crippen LogP contribution < -0.4 is 10.5 Å². The van der Waals surface area contributed by atoms with E-state index in [0.717, 1.165) is 15.6 Å². The largest absolute Gasteiger partial charge is 0.491 e. The monoisotopic (exact) mass is 265 g/mol. The third-order valence-electron chi connectivity index (χ3n) is 2.20. The fourth-order valence-corrected chi connectivity index (χ4v) is 2.10. The van der Waals surface area contributed by atoms with Crippen LogP contribution in [-0.2, 0) is 0 Å². The molecule has 0 radical (unpaired) electrons. The molecule has 2 aromatic carbocycles. The number of halogens is 1. The van der Waals surface area contributed by atoms with E-state index in [4.69, 9.17) is 10.5 Å². The number of rotatable bonds is 3. The second-order valence-corrected chi connectivity index (χ2v) is 4.03. The van der Waals surface area contributed by atoms with Crippen LogP contribution in [0.3, 0.4) is 0 Å². The Labute approximate surface area is 97.2 Å². The Balaban J connectivity index is 2.45. The van der Waals surface area contributed by atoms with E-state index in [0.29, 0.717) is 13.2 Å². The molecule has 0 saturated heterocycles. The highest BCUT2D eigenvalue weighted by atomic mass is 79.9. The summed E-state index contributed by atoms with van der Waals surface area (Å²) in [7, 11) is 0. The lowest BCUT2D eigenvalue weighted by Crippen LogP contribution is -2.10. The zero-order valence-electron chi connectivity index (χ0n) is 8.24. The van der Waals surface area contributed by atoms with Gasteiger partial charge >= 0.3 is 0 Å². The minimum Gasteiger partial charge on any atom is -0.491 e. The molecular formula is C12H12BrNO. The Hall–Kier alpha value is -1.06. The second kappa shape index (κ2) is 4.64. The molecule has 0 aromatic heterocycles. The minimum absolute atomic E-state index is 0.527. The van der Waals surface area contributed by atoms with E-state index in [1.165, 1.54) is 5.39 Å². The molecule has 2 rings (SSSR count). The summed E-state index contributed by atoms with van der Waals surface area (Å²) in [4.78, 5) is 0. The third-order valence-corrected chi connectivity index (χ3v) is 3.02. The van der Waals surface area contributed by atoms with Crippen LogP contribution in [0.2, 0.25) is 0 Å². The van der Waals surface area contributed by atoms with Gasteiger partial charge in [-0.05, 0) is 32.8 Å². The maximum atomic E-state index is 5.52. The quantitative estimate of drug-likeness (QED) is 0.927. The van der Waals surface area contributed by atoms with Gasteiger partial charge in [-0.25, -0.2) is 0 Å². The average molecular weight is 266 g/mol. The van der Waals surface area contributed by atoms with E-state index in [1.54, 1.807) is 0 Å². The molecule has 0 saturated carbocycles. The van der Waals surface area contributed by atoms with Crippen molar-refractivity contribution in [3.63, 3.8) is 0 Å². The molecule has 3 heteroatoms. The molecular weight excluding hydrogens is 254 g/mol. The van der Waals surface area contributed by atoms with Crippen molar-refractivity contribution in [2.45, 2.75) is 0 Å². The summed E-state index contributed by atoms with van der Waals surface area (Å²) in [5.41, 5.74) is 5.40. The number of benzene rings is 2. The first-order valence-electron chi connectivity index (χ1n) is 4.83. The van der Waals surface area contributed by atoms with Gasteiger partial charge in [0.15, 0.2) is 0 Å². The fourth-order valence-electron chi connectivity index (χ4n) is 1.49.